The Kier molecular flexibility index (Phi) is 4.90. The van der Waals surface area contributed by atoms with Gasteiger partial charge in [0.15, 0.2) is 0 Å². The van der Waals surface area contributed by atoms with Crippen molar-refractivity contribution in [3.8, 4) is 0 Å². The zero-order chi connectivity index (χ0) is 17.8. The van der Waals surface area contributed by atoms with Crippen molar-refractivity contribution in [1.29, 1.82) is 0 Å². The first-order valence-electron chi connectivity index (χ1n) is 7.51. The first kappa shape index (κ1) is 16.9. The molecule has 5 nitrogen and oxygen atoms in total. The Morgan fingerprint density at radius 3 is 2.52 bits per heavy atom. The fraction of sp³-hybridized carbons (Fsp3) is 0.105. The molecule has 0 unspecified atom stereocenters. The number of benzene rings is 2. The molecule has 0 aliphatic heterocycles. The number of carboxylic acids is 1. The van der Waals surface area contributed by atoms with Gasteiger partial charge in [-0.05, 0) is 41.5 Å². The minimum absolute atomic E-state index is 0.238. The number of para-hydroxylation sites is 1. The third-order valence-corrected chi connectivity index (χ3v) is 4.69. The van der Waals surface area contributed by atoms with E-state index in [0.29, 0.717) is 16.1 Å². The molecule has 0 saturated heterocycles. The molecule has 25 heavy (non-hydrogen) atoms. The van der Waals surface area contributed by atoms with E-state index in [0.717, 1.165) is 15.8 Å². The molecule has 0 aliphatic carbocycles. The molecule has 1 aromatic heterocycles. The van der Waals surface area contributed by atoms with E-state index < -0.39 is 11.9 Å². The van der Waals surface area contributed by atoms with Gasteiger partial charge in [-0.25, -0.2) is 9.78 Å². The van der Waals surface area contributed by atoms with Crippen LogP contribution in [0, 0.1) is 0 Å². The van der Waals surface area contributed by atoms with Gasteiger partial charge in [-0.1, -0.05) is 24.3 Å². The van der Waals surface area contributed by atoms with Crippen LogP contribution in [-0.4, -0.2) is 24.0 Å². The Morgan fingerprint density at radius 2 is 1.88 bits per heavy atom. The van der Waals surface area contributed by atoms with Crippen LogP contribution in [0.1, 0.15) is 27.3 Å². The fourth-order valence-corrected chi connectivity index (χ4v) is 3.37. The molecule has 0 saturated carbocycles. The number of hydrogen-bond donors (Lipinski definition) is 0. The lowest BCUT2D eigenvalue weighted by Gasteiger charge is -2.06. The molecule has 0 bridgehead atoms. The highest BCUT2D eigenvalue weighted by Crippen LogP contribution is 2.30. The number of aromatic nitrogens is 1. The SMILES string of the molecule is COC(=O)c1ccc(/C=C(\CC(=O)[O-])c2nc3ccccc3s2)cc1. The molecule has 126 valence electrons. The largest absolute Gasteiger partial charge is 0.550 e. The van der Waals surface area contributed by atoms with Gasteiger partial charge in [0.1, 0.15) is 5.01 Å². The molecular formula is C19H14NO4S-. The highest BCUT2D eigenvalue weighted by molar-refractivity contribution is 7.19. The van der Waals surface area contributed by atoms with Crippen LogP contribution < -0.4 is 5.11 Å². The highest BCUT2D eigenvalue weighted by Gasteiger charge is 2.10. The monoisotopic (exact) mass is 352 g/mol. The molecule has 0 aliphatic rings. The number of thiazole rings is 1. The molecule has 3 rings (SSSR count). The molecule has 0 radical (unpaired) electrons. The Balaban J connectivity index is 1.98. The van der Waals surface area contributed by atoms with Gasteiger partial charge in [0.25, 0.3) is 0 Å². The Bertz CT molecular complexity index is 924. The normalized spacial score (nSPS) is 11.5. The van der Waals surface area contributed by atoms with Crippen molar-refractivity contribution in [2.45, 2.75) is 6.42 Å². The molecule has 0 amide bonds. The molecular weight excluding hydrogens is 338 g/mol. The number of methoxy groups -OCH3 is 1. The zero-order valence-electron chi connectivity index (χ0n) is 13.4. The van der Waals surface area contributed by atoms with E-state index in [1.807, 2.05) is 24.3 Å². The van der Waals surface area contributed by atoms with Crippen LogP contribution in [0.5, 0.6) is 0 Å². The summed E-state index contributed by atoms with van der Waals surface area (Å²) in [5.74, 6) is -1.59. The Labute approximate surface area is 148 Å². The van der Waals surface area contributed by atoms with Crippen LogP contribution in [0.4, 0.5) is 0 Å². The van der Waals surface area contributed by atoms with Crippen molar-refractivity contribution in [2.24, 2.45) is 0 Å². The van der Waals surface area contributed by atoms with Crippen LogP contribution in [-0.2, 0) is 9.53 Å². The summed E-state index contributed by atoms with van der Waals surface area (Å²) in [6.07, 6.45) is 1.51. The summed E-state index contributed by atoms with van der Waals surface area (Å²) in [4.78, 5) is 27.1. The molecule has 1 heterocycles. The third-order valence-electron chi connectivity index (χ3n) is 3.58. The van der Waals surface area contributed by atoms with Crippen molar-refractivity contribution in [3.63, 3.8) is 0 Å². The smallest absolute Gasteiger partial charge is 0.337 e. The maximum absolute atomic E-state index is 11.5. The van der Waals surface area contributed by atoms with Gasteiger partial charge in [-0.15, -0.1) is 11.3 Å². The van der Waals surface area contributed by atoms with E-state index in [-0.39, 0.29) is 6.42 Å². The van der Waals surface area contributed by atoms with Crippen molar-refractivity contribution >= 4 is 45.1 Å². The van der Waals surface area contributed by atoms with Gasteiger partial charge in [0.2, 0.25) is 0 Å². The second-order valence-electron chi connectivity index (χ2n) is 5.32. The number of nitrogens with zero attached hydrogens (tertiary/aromatic N) is 1. The molecule has 0 spiro atoms. The van der Waals surface area contributed by atoms with Gasteiger partial charge < -0.3 is 14.6 Å². The maximum Gasteiger partial charge on any atom is 0.337 e. The number of carbonyl (C=O) groups excluding carboxylic acids is 2. The van der Waals surface area contributed by atoms with Gasteiger partial charge >= 0.3 is 5.97 Å². The lowest BCUT2D eigenvalue weighted by Crippen LogP contribution is -2.22. The molecule has 0 N–H and O–H groups in total. The fourth-order valence-electron chi connectivity index (χ4n) is 2.39. The first-order chi connectivity index (χ1) is 12.1. The second kappa shape index (κ2) is 7.27. The average Bonchev–Trinajstić information content (AvgIpc) is 3.05. The quantitative estimate of drug-likeness (QED) is 0.660. The van der Waals surface area contributed by atoms with Gasteiger partial charge in [-0.3, -0.25) is 0 Å². The van der Waals surface area contributed by atoms with E-state index in [2.05, 4.69) is 9.72 Å². The Hall–Kier alpha value is -2.99. The Morgan fingerprint density at radius 1 is 1.16 bits per heavy atom. The van der Waals surface area contributed by atoms with E-state index >= 15 is 0 Å². The van der Waals surface area contributed by atoms with Crippen LogP contribution in [0.2, 0.25) is 0 Å². The van der Waals surface area contributed by atoms with Crippen LogP contribution in [0.15, 0.2) is 48.5 Å². The summed E-state index contributed by atoms with van der Waals surface area (Å²) in [6.45, 7) is 0. The molecule has 0 fully saturated rings. The van der Waals surface area contributed by atoms with Crippen molar-refractivity contribution in [1.82, 2.24) is 4.98 Å². The van der Waals surface area contributed by atoms with E-state index in [4.69, 9.17) is 0 Å². The number of esters is 1. The lowest BCUT2D eigenvalue weighted by molar-refractivity contribution is -0.304. The summed E-state index contributed by atoms with van der Waals surface area (Å²) in [5.41, 5.74) is 2.59. The number of aliphatic carboxylic acids is 1. The summed E-state index contributed by atoms with van der Waals surface area (Å²) in [7, 11) is 1.32. The number of hydrogen-bond acceptors (Lipinski definition) is 6. The summed E-state index contributed by atoms with van der Waals surface area (Å²) < 4.78 is 5.65. The number of ether oxygens (including phenoxy) is 1. The molecule has 0 atom stereocenters. The van der Waals surface area contributed by atoms with Crippen molar-refractivity contribution < 1.29 is 19.4 Å². The molecule has 6 heteroatoms. The summed E-state index contributed by atoms with van der Waals surface area (Å²) in [6, 6.07) is 14.4. The van der Waals surface area contributed by atoms with E-state index in [1.165, 1.54) is 18.4 Å². The standard InChI is InChI=1S/C19H15NO4S/c1-24-19(23)13-8-6-12(7-9-13)10-14(11-17(21)22)18-20-15-4-2-3-5-16(15)25-18/h2-10H,11H2,1H3,(H,21,22)/p-1/b14-10+. The first-order valence-corrected chi connectivity index (χ1v) is 8.33. The third kappa shape index (κ3) is 3.92. The number of rotatable bonds is 5. The van der Waals surface area contributed by atoms with Gasteiger partial charge in [0, 0.05) is 12.4 Å². The molecule has 3 aromatic rings. The van der Waals surface area contributed by atoms with Gasteiger partial charge in [-0.2, -0.15) is 0 Å². The van der Waals surface area contributed by atoms with Gasteiger partial charge in [0.05, 0.1) is 22.9 Å². The summed E-state index contributed by atoms with van der Waals surface area (Å²) in [5, 5.41) is 11.8. The highest BCUT2D eigenvalue weighted by atomic mass is 32.1. The summed E-state index contributed by atoms with van der Waals surface area (Å²) >= 11 is 1.43. The average molecular weight is 352 g/mol. The predicted octanol–water partition coefficient (Wildman–Crippen LogP) is 2.76. The predicted molar refractivity (Wildman–Crippen MR) is 94.9 cm³/mol. The minimum Gasteiger partial charge on any atom is -0.550 e. The number of fused-ring (bicyclic) bond motifs is 1. The molecule has 2 aromatic carbocycles. The lowest BCUT2D eigenvalue weighted by atomic mass is 10.1. The zero-order valence-corrected chi connectivity index (χ0v) is 14.2. The van der Waals surface area contributed by atoms with Crippen LogP contribution >= 0.6 is 11.3 Å². The van der Waals surface area contributed by atoms with E-state index in [9.17, 15) is 14.7 Å². The van der Waals surface area contributed by atoms with Crippen LogP contribution in [0.25, 0.3) is 21.9 Å². The topological polar surface area (TPSA) is 79.3 Å². The van der Waals surface area contributed by atoms with Crippen molar-refractivity contribution in [2.75, 3.05) is 7.11 Å². The van der Waals surface area contributed by atoms with E-state index in [1.54, 1.807) is 30.3 Å². The number of carbonyl (C=O) groups is 2. The number of carboxylic acid groups (broad SMARTS) is 1. The van der Waals surface area contributed by atoms with Crippen molar-refractivity contribution in [3.05, 3.63) is 64.7 Å². The maximum atomic E-state index is 11.5. The van der Waals surface area contributed by atoms with Crippen LogP contribution in [0.3, 0.4) is 0 Å². The minimum atomic E-state index is -1.17. The second-order valence-corrected chi connectivity index (χ2v) is 6.35.